The molecule has 3 heteroatoms. The third-order valence-electron chi connectivity index (χ3n) is 3.33. The largest absolute Gasteiger partial charge is 0.481 e. The van der Waals surface area contributed by atoms with Crippen molar-refractivity contribution in [3.8, 4) is 0 Å². The minimum absolute atomic E-state index is 0.0593. The first-order valence-electron chi connectivity index (χ1n) is 6.29. The highest BCUT2D eigenvalue weighted by Gasteiger charge is 2.31. The summed E-state index contributed by atoms with van der Waals surface area (Å²) >= 11 is 0. The molecule has 0 spiro atoms. The Hall–Kier alpha value is -0.570. The van der Waals surface area contributed by atoms with E-state index in [4.69, 9.17) is 5.11 Å². The van der Waals surface area contributed by atoms with E-state index in [2.05, 4.69) is 32.6 Å². The Balaban J connectivity index is 2.50. The number of aliphatic carboxylic acids is 1. The zero-order valence-electron chi connectivity index (χ0n) is 11.0. The summed E-state index contributed by atoms with van der Waals surface area (Å²) in [6.45, 7) is 9.38. The van der Waals surface area contributed by atoms with Crippen LogP contribution in [-0.2, 0) is 4.79 Å². The Morgan fingerprint density at radius 3 is 2.38 bits per heavy atom. The van der Waals surface area contributed by atoms with Crippen molar-refractivity contribution in [1.82, 2.24) is 4.90 Å². The Morgan fingerprint density at radius 2 is 2.00 bits per heavy atom. The predicted molar refractivity (Wildman–Crippen MR) is 65.5 cm³/mol. The van der Waals surface area contributed by atoms with Gasteiger partial charge in [0.05, 0.1) is 6.42 Å². The van der Waals surface area contributed by atoms with Gasteiger partial charge in [0.2, 0.25) is 0 Å². The van der Waals surface area contributed by atoms with Gasteiger partial charge in [-0.1, -0.05) is 12.8 Å². The second kappa shape index (κ2) is 5.17. The molecule has 1 rings (SSSR count). The van der Waals surface area contributed by atoms with Gasteiger partial charge >= 0.3 is 5.97 Å². The Bertz CT molecular complexity index is 241. The molecule has 1 fully saturated rings. The molecule has 0 amide bonds. The Morgan fingerprint density at radius 1 is 1.44 bits per heavy atom. The molecule has 1 unspecified atom stereocenters. The molecule has 0 saturated heterocycles. The van der Waals surface area contributed by atoms with Gasteiger partial charge in [-0.3, -0.25) is 9.69 Å². The predicted octanol–water partition coefficient (Wildman–Crippen LogP) is 2.75. The van der Waals surface area contributed by atoms with Gasteiger partial charge in [-0.05, 0) is 40.0 Å². The molecule has 1 N–H and O–H groups in total. The minimum Gasteiger partial charge on any atom is -0.481 e. The van der Waals surface area contributed by atoms with Crippen LogP contribution in [0, 0.1) is 5.92 Å². The van der Waals surface area contributed by atoms with Crippen molar-refractivity contribution < 1.29 is 9.90 Å². The van der Waals surface area contributed by atoms with Gasteiger partial charge in [0.25, 0.3) is 0 Å². The Labute approximate surface area is 98.8 Å². The van der Waals surface area contributed by atoms with E-state index in [1.807, 2.05) is 0 Å². The van der Waals surface area contributed by atoms with Crippen LogP contribution >= 0.6 is 0 Å². The summed E-state index contributed by atoms with van der Waals surface area (Å²) in [5.41, 5.74) is 0.0593. The van der Waals surface area contributed by atoms with Crippen LogP contribution in [0.15, 0.2) is 0 Å². The lowest BCUT2D eigenvalue weighted by Gasteiger charge is -2.40. The normalized spacial score (nSPS) is 18.8. The summed E-state index contributed by atoms with van der Waals surface area (Å²) in [7, 11) is 0. The lowest BCUT2D eigenvalue weighted by molar-refractivity contribution is -0.137. The number of hydrogen-bond acceptors (Lipinski definition) is 2. The van der Waals surface area contributed by atoms with E-state index in [1.54, 1.807) is 0 Å². The molecule has 3 nitrogen and oxygen atoms in total. The van der Waals surface area contributed by atoms with E-state index in [1.165, 1.54) is 19.3 Å². The number of carboxylic acid groups (broad SMARTS) is 1. The van der Waals surface area contributed by atoms with E-state index in [0.717, 1.165) is 5.92 Å². The summed E-state index contributed by atoms with van der Waals surface area (Å²) in [6.07, 6.45) is 4.19. The lowest BCUT2D eigenvalue weighted by atomic mass is 10.00. The number of nitrogens with zero attached hydrogens (tertiary/aromatic N) is 1. The first kappa shape index (κ1) is 13.5. The molecule has 0 aromatic carbocycles. The van der Waals surface area contributed by atoms with Crippen LogP contribution in [0.25, 0.3) is 0 Å². The second-order valence-electron chi connectivity index (χ2n) is 6.04. The number of hydrogen-bond donors (Lipinski definition) is 1. The fourth-order valence-electron chi connectivity index (χ4n) is 2.40. The SMILES string of the molecule is CC(CC1CC1)N(CCC(=O)O)C(C)(C)C. The van der Waals surface area contributed by atoms with Crippen LogP contribution in [0.2, 0.25) is 0 Å². The van der Waals surface area contributed by atoms with E-state index >= 15 is 0 Å². The molecule has 1 saturated carbocycles. The van der Waals surface area contributed by atoms with Gasteiger partial charge in [0.15, 0.2) is 0 Å². The van der Waals surface area contributed by atoms with Crippen molar-refractivity contribution in [2.45, 2.75) is 65.0 Å². The molecule has 16 heavy (non-hydrogen) atoms. The van der Waals surface area contributed by atoms with Crippen molar-refractivity contribution in [2.24, 2.45) is 5.92 Å². The third-order valence-corrected chi connectivity index (χ3v) is 3.33. The highest BCUT2D eigenvalue weighted by molar-refractivity contribution is 5.66. The zero-order valence-corrected chi connectivity index (χ0v) is 11.0. The van der Waals surface area contributed by atoms with Crippen molar-refractivity contribution in [3.63, 3.8) is 0 Å². The van der Waals surface area contributed by atoms with Gasteiger partial charge in [0.1, 0.15) is 0 Å². The van der Waals surface area contributed by atoms with Gasteiger partial charge in [-0.2, -0.15) is 0 Å². The first-order valence-corrected chi connectivity index (χ1v) is 6.29. The van der Waals surface area contributed by atoms with E-state index < -0.39 is 5.97 Å². The fourth-order valence-corrected chi connectivity index (χ4v) is 2.40. The quantitative estimate of drug-likeness (QED) is 0.758. The van der Waals surface area contributed by atoms with Gasteiger partial charge in [-0.15, -0.1) is 0 Å². The van der Waals surface area contributed by atoms with Crippen molar-refractivity contribution in [1.29, 1.82) is 0 Å². The van der Waals surface area contributed by atoms with Gasteiger partial charge < -0.3 is 5.11 Å². The molecular weight excluding hydrogens is 202 g/mol. The first-order chi connectivity index (χ1) is 7.30. The molecule has 0 aromatic heterocycles. The molecule has 1 aliphatic carbocycles. The summed E-state index contributed by atoms with van der Waals surface area (Å²) in [4.78, 5) is 13.0. The average Bonchev–Trinajstić information content (AvgIpc) is 2.84. The lowest BCUT2D eigenvalue weighted by Crippen LogP contribution is -2.48. The highest BCUT2D eigenvalue weighted by Crippen LogP contribution is 2.35. The van der Waals surface area contributed by atoms with Crippen molar-refractivity contribution in [3.05, 3.63) is 0 Å². The fraction of sp³-hybridized carbons (Fsp3) is 0.923. The van der Waals surface area contributed by atoms with Crippen LogP contribution in [-0.4, -0.2) is 34.1 Å². The van der Waals surface area contributed by atoms with E-state index in [-0.39, 0.29) is 12.0 Å². The molecule has 0 aliphatic heterocycles. The molecule has 0 aromatic rings. The molecule has 0 bridgehead atoms. The number of carbonyl (C=O) groups is 1. The maximum atomic E-state index is 10.7. The smallest absolute Gasteiger partial charge is 0.304 e. The van der Waals surface area contributed by atoms with Crippen LogP contribution in [0.4, 0.5) is 0 Å². The van der Waals surface area contributed by atoms with E-state index in [9.17, 15) is 4.79 Å². The standard InChI is InChI=1S/C13H25NO2/c1-10(9-11-5-6-11)14(13(2,3)4)8-7-12(15)16/h10-11H,5-9H2,1-4H3,(H,15,16). The minimum atomic E-state index is -0.701. The third kappa shape index (κ3) is 4.52. The monoisotopic (exact) mass is 227 g/mol. The summed E-state index contributed by atoms with van der Waals surface area (Å²) in [5.74, 6) is 0.192. The maximum Gasteiger partial charge on any atom is 0.304 e. The molecular formula is C13H25NO2. The van der Waals surface area contributed by atoms with Crippen LogP contribution in [0.5, 0.6) is 0 Å². The Kier molecular flexibility index (Phi) is 4.36. The number of rotatable bonds is 6. The molecule has 1 aliphatic rings. The van der Waals surface area contributed by atoms with Gasteiger partial charge in [-0.25, -0.2) is 0 Å². The summed E-state index contributed by atoms with van der Waals surface area (Å²) in [5, 5.41) is 8.78. The topological polar surface area (TPSA) is 40.5 Å². The summed E-state index contributed by atoms with van der Waals surface area (Å²) < 4.78 is 0. The van der Waals surface area contributed by atoms with Crippen LogP contribution in [0.3, 0.4) is 0 Å². The van der Waals surface area contributed by atoms with Crippen LogP contribution in [0.1, 0.15) is 53.4 Å². The zero-order chi connectivity index (χ0) is 12.3. The molecule has 0 heterocycles. The molecule has 0 radical (unpaired) electrons. The van der Waals surface area contributed by atoms with Crippen molar-refractivity contribution >= 4 is 5.97 Å². The molecule has 1 atom stereocenters. The highest BCUT2D eigenvalue weighted by atomic mass is 16.4. The second-order valence-corrected chi connectivity index (χ2v) is 6.04. The maximum absolute atomic E-state index is 10.7. The number of carboxylic acids is 1. The molecule has 94 valence electrons. The summed E-state index contributed by atoms with van der Waals surface area (Å²) in [6, 6.07) is 0.492. The van der Waals surface area contributed by atoms with Crippen LogP contribution < -0.4 is 0 Å². The van der Waals surface area contributed by atoms with Crippen molar-refractivity contribution in [2.75, 3.05) is 6.54 Å². The van der Waals surface area contributed by atoms with E-state index in [0.29, 0.717) is 12.6 Å². The average molecular weight is 227 g/mol. The van der Waals surface area contributed by atoms with Gasteiger partial charge in [0, 0.05) is 18.1 Å².